The minimum absolute atomic E-state index is 0.0582. The molecule has 120 valence electrons. The molecule has 0 fully saturated rings. The van der Waals surface area contributed by atoms with E-state index in [-0.39, 0.29) is 5.91 Å². The third-order valence-corrected chi connectivity index (χ3v) is 4.39. The lowest BCUT2D eigenvalue weighted by Crippen LogP contribution is -2.44. The summed E-state index contributed by atoms with van der Waals surface area (Å²) in [7, 11) is 0. The SMILES string of the molecule is CCC(Oc1ccccc1C)C(=O)N1CCCc2ccccc21. The van der Waals surface area contributed by atoms with Crippen molar-refractivity contribution in [3.8, 4) is 5.75 Å². The highest BCUT2D eigenvalue weighted by atomic mass is 16.5. The van der Waals surface area contributed by atoms with Gasteiger partial charge in [-0.05, 0) is 49.4 Å². The Kier molecular flexibility index (Phi) is 4.65. The maximum atomic E-state index is 13.0. The van der Waals surface area contributed by atoms with Gasteiger partial charge in [-0.2, -0.15) is 0 Å². The summed E-state index contributed by atoms with van der Waals surface area (Å²) >= 11 is 0. The first-order valence-corrected chi connectivity index (χ1v) is 8.32. The lowest BCUT2D eigenvalue weighted by atomic mass is 10.0. The Morgan fingerprint density at radius 2 is 1.91 bits per heavy atom. The molecule has 0 aromatic heterocycles. The van der Waals surface area contributed by atoms with Crippen LogP contribution < -0.4 is 9.64 Å². The van der Waals surface area contributed by atoms with Crippen LogP contribution in [0.3, 0.4) is 0 Å². The number of aryl methyl sites for hydroxylation is 2. The van der Waals surface area contributed by atoms with Crippen LogP contribution in [-0.2, 0) is 11.2 Å². The van der Waals surface area contributed by atoms with E-state index in [9.17, 15) is 4.79 Å². The van der Waals surface area contributed by atoms with Crippen molar-refractivity contribution in [3.63, 3.8) is 0 Å². The lowest BCUT2D eigenvalue weighted by molar-refractivity contribution is -0.125. The summed E-state index contributed by atoms with van der Waals surface area (Å²) in [5.74, 6) is 0.848. The molecule has 0 saturated heterocycles. The zero-order chi connectivity index (χ0) is 16.2. The molecule has 23 heavy (non-hydrogen) atoms. The Bertz CT molecular complexity index is 696. The zero-order valence-corrected chi connectivity index (χ0v) is 13.8. The van der Waals surface area contributed by atoms with E-state index in [0.29, 0.717) is 6.42 Å². The van der Waals surface area contributed by atoms with Crippen LogP contribution in [0.1, 0.15) is 30.9 Å². The fourth-order valence-corrected chi connectivity index (χ4v) is 3.09. The molecule has 0 spiro atoms. The van der Waals surface area contributed by atoms with Crippen LogP contribution in [0, 0.1) is 6.92 Å². The van der Waals surface area contributed by atoms with Gasteiger partial charge in [-0.25, -0.2) is 0 Å². The Morgan fingerprint density at radius 1 is 1.17 bits per heavy atom. The molecule has 1 unspecified atom stereocenters. The van der Waals surface area contributed by atoms with E-state index < -0.39 is 6.10 Å². The first kappa shape index (κ1) is 15.6. The number of carbonyl (C=O) groups excluding carboxylic acids is 1. The monoisotopic (exact) mass is 309 g/mol. The third kappa shape index (κ3) is 3.24. The van der Waals surface area contributed by atoms with Gasteiger partial charge < -0.3 is 9.64 Å². The molecule has 0 bridgehead atoms. The van der Waals surface area contributed by atoms with Crippen molar-refractivity contribution >= 4 is 11.6 Å². The number of hydrogen-bond acceptors (Lipinski definition) is 2. The number of hydrogen-bond donors (Lipinski definition) is 0. The van der Waals surface area contributed by atoms with Gasteiger partial charge in [0.15, 0.2) is 6.10 Å². The molecule has 2 aromatic rings. The molecular weight excluding hydrogens is 286 g/mol. The largest absolute Gasteiger partial charge is 0.480 e. The molecule has 1 heterocycles. The predicted molar refractivity (Wildman–Crippen MR) is 93.0 cm³/mol. The van der Waals surface area contributed by atoms with Crippen LogP contribution in [0.4, 0.5) is 5.69 Å². The average molecular weight is 309 g/mol. The number of benzene rings is 2. The van der Waals surface area contributed by atoms with Gasteiger partial charge in [-0.3, -0.25) is 4.79 Å². The maximum absolute atomic E-state index is 13.0. The predicted octanol–water partition coefficient (Wildman–Crippen LogP) is 4.13. The van der Waals surface area contributed by atoms with Crippen LogP contribution in [0.5, 0.6) is 5.75 Å². The number of nitrogens with zero attached hydrogens (tertiary/aromatic N) is 1. The van der Waals surface area contributed by atoms with Crippen molar-refractivity contribution in [2.45, 2.75) is 39.2 Å². The number of rotatable bonds is 4. The van der Waals surface area contributed by atoms with Crippen molar-refractivity contribution in [2.24, 2.45) is 0 Å². The molecule has 1 atom stereocenters. The number of fused-ring (bicyclic) bond motifs is 1. The summed E-state index contributed by atoms with van der Waals surface area (Å²) in [5, 5.41) is 0. The quantitative estimate of drug-likeness (QED) is 0.850. The van der Waals surface area contributed by atoms with E-state index >= 15 is 0 Å². The fraction of sp³-hybridized carbons (Fsp3) is 0.350. The minimum Gasteiger partial charge on any atom is -0.480 e. The number of carbonyl (C=O) groups is 1. The summed E-state index contributed by atoms with van der Waals surface area (Å²) in [6, 6.07) is 16.0. The van der Waals surface area contributed by atoms with E-state index in [1.165, 1.54) is 5.56 Å². The van der Waals surface area contributed by atoms with Gasteiger partial charge in [0.05, 0.1) is 0 Å². The van der Waals surface area contributed by atoms with Gasteiger partial charge in [0.1, 0.15) is 5.75 Å². The van der Waals surface area contributed by atoms with Gasteiger partial charge in [-0.15, -0.1) is 0 Å². The Morgan fingerprint density at radius 3 is 2.70 bits per heavy atom. The van der Waals surface area contributed by atoms with Gasteiger partial charge >= 0.3 is 0 Å². The highest BCUT2D eigenvalue weighted by molar-refractivity contribution is 5.97. The average Bonchev–Trinajstić information content (AvgIpc) is 2.60. The van der Waals surface area contributed by atoms with E-state index in [1.54, 1.807) is 0 Å². The topological polar surface area (TPSA) is 29.5 Å². The molecule has 3 rings (SSSR count). The third-order valence-electron chi connectivity index (χ3n) is 4.39. The molecule has 0 aliphatic carbocycles. The molecule has 0 N–H and O–H groups in total. The highest BCUT2D eigenvalue weighted by Gasteiger charge is 2.29. The molecule has 3 heteroatoms. The van der Waals surface area contributed by atoms with Crippen molar-refractivity contribution in [2.75, 3.05) is 11.4 Å². The van der Waals surface area contributed by atoms with Gasteiger partial charge in [0, 0.05) is 12.2 Å². The standard InChI is InChI=1S/C20H23NO2/c1-3-18(23-19-13-7-4-9-15(19)2)20(22)21-14-8-11-16-10-5-6-12-17(16)21/h4-7,9-10,12-13,18H,3,8,11,14H2,1-2H3. The zero-order valence-electron chi connectivity index (χ0n) is 13.8. The minimum atomic E-state index is -0.442. The highest BCUT2D eigenvalue weighted by Crippen LogP contribution is 2.28. The van der Waals surface area contributed by atoms with Crippen molar-refractivity contribution in [1.82, 2.24) is 0 Å². The van der Waals surface area contributed by atoms with Crippen molar-refractivity contribution in [3.05, 3.63) is 59.7 Å². The number of anilines is 1. The Hall–Kier alpha value is -2.29. The summed E-state index contributed by atoms with van der Waals surface area (Å²) in [6.07, 6.45) is 2.26. The smallest absolute Gasteiger partial charge is 0.268 e. The van der Waals surface area contributed by atoms with E-state index in [1.807, 2.05) is 61.2 Å². The molecular formula is C20H23NO2. The van der Waals surface area contributed by atoms with E-state index in [0.717, 1.165) is 36.4 Å². The van der Waals surface area contributed by atoms with Crippen molar-refractivity contribution < 1.29 is 9.53 Å². The second-order valence-electron chi connectivity index (χ2n) is 6.00. The van der Waals surface area contributed by atoms with E-state index in [2.05, 4.69) is 6.07 Å². The van der Waals surface area contributed by atoms with Crippen LogP contribution >= 0.6 is 0 Å². The Balaban J connectivity index is 1.83. The van der Waals surface area contributed by atoms with Crippen LogP contribution in [0.25, 0.3) is 0 Å². The number of ether oxygens (including phenoxy) is 1. The number of amides is 1. The molecule has 1 aliphatic heterocycles. The molecule has 1 aliphatic rings. The normalized spacial score (nSPS) is 15.0. The van der Waals surface area contributed by atoms with Crippen LogP contribution in [0.2, 0.25) is 0 Å². The molecule has 1 amide bonds. The summed E-state index contributed by atoms with van der Waals surface area (Å²) in [6.45, 7) is 4.77. The Labute approximate surface area is 137 Å². The summed E-state index contributed by atoms with van der Waals surface area (Å²) in [5.41, 5.74) is 3.34. The molecule has 0 saturated carbocycles. The summed E-state index contributed by atoms with van der Waals surface area (Å²) < 4.78 is 6.03. The number of para-hydroxylation sites is 2. The second kappa shape index (κ2) is 6.86. The van der Waals surface area contributed by atoms with Gasteiger partial charge in [-0.1, -0.05) is 43.3 Å². The fourth-order valence-electron chi connectivity index (χ4n) is 3.09. The van der Waals surface area contributed by atoms with Crippen molar-refractivity contribution in [1.29, 1.82) is 0 Å². The second-order valence-corrected chi connectivity index (χ2v) is 6.00. The lowest BCUT2D eigenvalue weighted by Gasteiger charge is -2.32. The molecule has 3 nitrogen and oxygen atoms in total. The van der Waals surface area contributed by atoms with Gasteiger partial charge in [0.25, 0.3) is 5.91 Å². The first-order valence-electron chi connectivity index (χ1n) is 8.32. The van der Waals surface area contributed by atoms with E-state index in [4.69, 9.17) is 4.74 Å². The van der Waals surface area contributed by atoms with Crippen LogP contribution in [-0.4, -0.2) is 18.6 Å². The maximum Gasteiger partial charge on any atom is 0.268 e. The van der Waals surface area contributed by atoms with Gasteiger partial charge in [0.2, 0.25) is 0 Å². The first-order chi connectivity index (χ1) is 11.2. The molecule has 0 radical (unpaired) electrons. The molecule has 2 aromatic carbocycles. The summed E-state index contributed by atoms with van der Waals surface area (Å²) in [4.78, 5) is 14.9. The van der Waals surface area contributed by atoms with Crippen LogP contribution in [0.15, 0.2) is 48.5 Å².